The van der Waals surface area contributed by atoms with E-state index in [0.29, 0.717) is 5.75 Å². The van der Waals surface area contributed by atoms with Gasteiger partial charge in [0, 0.05) is 25.2 Å². The van der Waals surface area contributed by atoms with Gasteiger partial charge in [0.2, 0.25) is 0 Å². The molecule has 1 aliphatic heterocycles. The largest absolute Gasteiger partial charge is 0.497 e. The molecule has 1 amide bonds. The number of amides is 1. The van der Waals surface area contributed by atoms with Crippen molar-refractivity contribution in [3.63, 3.8) is 0 Å². The normalized spacial score (nSPS) is 32.9. The number of fused-ring (bicyclic) bond motifs is 5. The summed E-state index contributed by atoms with van der Waals surface area (Å²) in [7, 11) is 1.45. The summed E-state index contributed by atoms with van der Waals surface area (Å²) in [6.07, 6.45) is -11.6. The maximum Gasteiger partial charge on any atom is 0.408 e. The van der Waals surface area contributed by atoms with Gasteiger partial charge in [-0.2, -0.15) is 0 Å². The fourth-order valence-electron chi connectivity index (χ4n) is 9.71. The zero-order chi connectivity index (χ0) is 44.3. The molecule has 4 aliphatic rings. The van der Waals surface area contributed by atoms with Gasteiger partial charge in [0.25, 0.3) is 0 Å². The Bertz CT molecular complexity index is 2040. The van der Waals surface area contributed by atoms with E-state index in [1.54, 1.807) is 51.1 Å². The highest BCUT2D eigenvalue weighted by atomic mass is 16.6. The van der Waals surface area contributed by atoms with Crippen LogP contribution in [0.5, 0.6) is 5.75 Å². The third-order valence-electron chi connectivity index (χ3n) is 12.9. The van der Waals surface area contributed by atoms with Crippen molar-refractivity contribution >= 4 is 29.8 Å². The number of aliphatic hydroxyl groups is 4. The highest BCUT2D eigenvalue weighted by Gasteiger charge is 2.78. The molecule has 2 saturated carbocycles. The lowest BCUT2D eigenvalue weighted by atomic mass is 9.44. The van der Waals surface area contributed by atoms with Gasteiger partial charge in [-0.15, -0.1) is 0 Å². The number of Topliss-reactive ketones (excluding diaryl/α,β-unsaturated/α-hetero) is 1. The number of carbonyl (C=O) groups is 5. The quantitative estimate of drug-likeness (QED) is 0.139. The molecule has 60 heavy (non-hydrogen) atoms. The van der Waals surface area contributed by atoms with E-state index in [4.69, 9.17) is 28.4 Å². The Balaban J connectivity index is 1.48. The molecule has 6 rings (SSSR count). The molecule has 5 N–H and O–H groups in total. The molecule has 11 atom stereocenters. The molecule has 1 heterocycles. The second kappa shape index (κ2) is 15.9. The number of carbonyl (C=O) groups excluding carboxylic acids is 5. The first kappa shape index (κ1) is 44.7. The van der Waals surface area contributed by atoms with Crippen LogP contribution >= 0.6 is 0 Å². The summed E-state index contributed by atoms with van der Waals surface area (Å²) >= 11 is 0. The van der Waals surface area contributed by atoms with E-state index in [9.17, 15) is 44.4 Å². The smallest absolute Gasteiger partial charge is 0.408 e. The first-order valence-corrected chi connectivity index (χ1v) is 19.9. The molecular weight excluding hydrogens is 782 g/mol. The molecule has 1 saturated heterocycles. The lowest BCUT2D eigenvalue weighted by Gasteiger charge is -2.67. The van der Waals surface area contributed by atoms with Crippen molar-refractivity contribution in [1.82, 2.24) is 5.32 Å². The SMILES string of the molecule is COc1ccc([C@H](NC(=O)OC(C)(C)C)[C@@H](O)C(=O)O[C@H]2C[C@@]3(O)[C@@H](OC(=O)c4ccccc4)[C@@H]4[C@]5(OC(C)=O)CO[C@@H]5C[C@H](O)[C@@]4(C)C(=O)[C@H](O)C(=C2C)C3(C)C)cc1. The lowest BCUT2D eigenvalue weighted by Crippen LogP contribution is -2.81. The average Bonchev–Trinajstić information content (AvgIpc) is 3.17. The summed E-state index contributed by atoms with van der Waals surface area (Å²) in [5.41, 5.74) is -8.31. The maximum absolute atomic E-state index is 15.0. The van der Waals surface area contributed by atoms with Crippen molar-refractivity contribution in [3.8, 4) is 5.75 Å². The number of alkyl carbamates (subject to hydrolysis) is 1. The molecule has 2 bridgehead atoms. The van der Waals surface area contributed by atoms with Gasteiger partial charge < -0.3 is 54.2 Å². The van der Waals surface area contributed by atoms with Gasteiger partial charge in [0.1, 0.15) is 41.4 Å². The molecule has 3 aliphatic carbocycles. The summed E-state index contributed by atoms with van der Waals surface area (Å²) in [6.45, 7) is 11.7. The number of benzene rings is 2. The first-order valence-electron chi connectivity index (χ1n) is 19.9. The fraction of sp³-hybridized carbons (Fsp3) is 0.568. The number of nitrogens with one attached hydrogen (secondary N) is 1. The van der Waals surface area contributed by atoms with Gasteiger partial charge in [-0.1, -0.05) is 44.2 Å². The van der Waals surface area contributed by atoms with Gasteiger partial charge in [-0.25, -0.2) is 14.4 Å². The number of ether oxygens (including phenoxy) is 6. The van der Waals surface area contributed by atoms with Gasteiger partial charge in [0.15, 0.2) is 17.5 Å². The number of rotatable bonds is 9. The van der Waals surface area contributed by atoms with Crippen LogP contribution in [0.4, 0.5) is 4.79 Å². The van der Waals surface area contributed by atoms with Crippen LogP contribution in [0.2, 0.25) is 0 Å². The van der Waals surface area contributed by atoms with Crippen LogP contribution in [0, 0.1) is 16.7 Å². The molecule has 0 spiro atoms. The molecule has 326 valence electrons. The van der Waals surface area contributed by atoms with E-state index in [1.807, 2.05) is 0 Å². The van der Waals surface area contributed by atoms with E-state index in [0.717, 1.165) is 6.92 Å². The zero-order valence-electron chi connectivity index (χ0n) is 35.2. The maximum atomic E-state index is 15.0. The van der Waals surface area contributed by atoms with Crippen LogP contribution in [-0.4, -0.2) is 117 Å². The summed E-state index contributed by atoms with van der Waals surface area (Å²) in [6, 6.07) is 12.6. The zero-order valence-corrected chi connectivity index (χ0v) is 35.2. The second-order valence-corrected chi connectivity index (χ2v) is 17.9. The van der Waals surface area contributed by atoms with E-state index in [-0.39, 0.29) is 35.3 Å². The van der Waals surface area contributed by atoms with E-state index >= 15 is 0 Å². The lowest BCUT2D eigenvalue weighted by molar-refractivity contribution is -0.346. The van der Waals surface area contributed by atoms with Crippen molar-refractivity contribution in [2.24, 2.45) is 16.7 Å². The molecular formula is C44H55NO15. The van der Waals surface area contributed by atoms with Crippen molar-refractivity contribution in [1.29, 1.82) is 0 Å². The standard InChI is InChI=1S/C44H55NO15/c1-22-27(57-38(52)33(49)31(45-39(53)60-40(3,4)5)24-15-17-26(55-9)18-16-24)20-44(54)36(58-37(51)25-13-11-10-12-14-25)34-42(8,35(50)32(48)30(22)41(44,6)7)28(47)19-29-43(34,21-56-29)59-23(2)46/h10-18,27-29,31-34,36,47-49,54H,19-21H2,1-9H3,(H,45,53)/t27-,28-,29+,31-,32+,33+,34-,36-,42+,43-,44+/m0/s1. The summed E-state index contributed by atoms with van der Waals surface area (Å²) in [4.78, 5) is 69.2. The Kier molecular flexibility index (Phi) is 11.8. The molecule has 16 nitrogen and oxygen atoms in total. The van der Waals surface area contributed by atoms with Crippen LogP contribution < -0.4 is 10.1 Å². The molecule has 16 heteroatoms. The van der Waals surface area contributed by atoms with E-state index in [1.165, 1.54) is 59.1 Å². The summed E-state index contributed by atoms with van der Waals surface area (Å²) < 4.78 is 34.8. The molecule has 2 aromatic carbocycles. The number of aliphatic hydroxyl groups excluding tert-OH is 3. The van der Waals surface area contributed by atoms with Gasteiger partial charge in [-0.3, -0.25) is 9.59 Å². The third kappa shape index (κ3) is 7.46. The fourth-order valence-corrected chi connectivity index (χ4v) is 9.71. The van der Waals surface area contributed by atoms with E-state index in [2.05, 4.69) is 5.32 Å². The highest BCUT2D eigenvalue weighted by Crippen LogP contribution is 2.64. The Morgan fingerprint density at radius 2 is 1.60 bits per heavy atom. The minimum atomic E-state index is -2.37. The number of methoxy groups -OCH3 is 1. The first-order chi connectivity index (χ1) is 27.9. The van der Waals surface area contributed by atoms with Crippen molar-refractivity contribution in [2.45, 2.75) is 128 Å². The molecule has 3 fully saturated rings. The van der Waals surface area contributed by atoms with Crippen molar-refractivity contribution in [2.75, 3.05) is 13.7 Å². The Morgan fingerprint density at radius 1 is 0.967 bits per heavy atom. The minimum absolute atomic E-state index is 0.0734. The minimum Gasteiger partial charge on any atom is -0.497 e. The second-order valence-electron chi connectivity index (χ2n) is 17.9. The van der Waals surface area contributed by atoms with Gasteiger partial charge >= 0.3 is 24.0 Å². The molecule has 2 aromatic rings. The number of hydrogen-bond acceptors (Lipinski definition) is 15. The van der Waals surface area contributed by atoms with Crippen molar-refractivity contribution < 1.29 is 72.8 Å². The molecule has 0 unspecified atom stereocenters. The predicted molar refractivity (Wildman–Crippen MR) is 210 cm³/mol. The summed E-state index contributed by atoms with van der Waals surface area (Å²) in [5.74, 6) is -4.97. The molecule has 0 radical (unpaired) electrons. The van der Waals surface area contributed by atoms with Crippen molar-refractivity contribution in [3.05, 3.63) is 76.9 Å². The van der Waals surface area contributed by atoms with Crippen LogP contribution in [0.25, 0.3) is 0 Å². The molecule has 0 aromatic heterocycles. The van der Waals surface area contributed by atoms with Crippen LogP contribution in [-0.2, 0) is 38.1 Å². The van der Waals surface area contributed by atoms with Crippen LogP contribution in [0.3, 0.4) is 0 Å². The monoisotopic (exact) mass is 837 g/mol. The number of esters is 3. The predicted octanol–water partition coefficient (Wildman–Crippen LogP) is 3.27. The van der Waals surface area contributed by atoms with Gasteiger partial charge in [0.05, 0.1) is 42.8 Å². The number of hydrogen-bond donors (Lipinski definition) is 5. The van der Waals surface area contributed by atoms with Gasteiger partial charge in [-0.05, 0) is 75.6 Å². The highest BCUT2D eigenvalue weighted by molar-refractivity contribution is 5.94. The summed E-state index contributed by atoms with van der Waals surface area (Å²) in [5, 5.41) is 51.7. The van der Waals surface area contributed by atoms with Crippen LogP contribution in [0.1, 0.15) is 90.2 Å². The Labute approximate surface area is 348 Å². The Hall–Kier alpha value is -4.87. The Morgan fingerprint density at radius 3 is 2.15 bits per heavy atom. The average molecular weight is 838 g/mol. The van der Waals surface area contributed by atoms with Crippen LogP contribution in [0.15, 0.2) is 65.7 Å². The topological polar surface area (TPSA) is 234 Å². The third-order valence-corrected chi connectivity index (χ3v) is 12.9. The number of ketones is 1. The van der Waals surface area contributed by atoms with E-state index < -0.39 is 112 Å².